The van der Waals surface area contributed by atoms with Crippen molar-refractivity contribution in [1.82, 2.24) is 0 Å². The van der Waals surface area contributed by atoms with Crippen LogP contribution in [0.2, 0.25) is 0 Å². The van der Waals surface area contributed by atoms with Crippen LogP contribution in [0.3, 0.4) is 0 Å². The van der Waals surface area contributed by atoms with E-state index >= 15 is 0 Å². The minimum Gasteiger partial charge on any atom is -0.343 e. The third-order valence-electron chi connectivity index (χ3n) is 3.70. The van der Waals surface area contributed by atoms with Gasteiger partial charge in [-0.15, -0.1) is 0 Å². The van der Waals surface area contributed by atoms with E-state index < -0.39 is 5.79 Å². The Balaban J connectivity index is 1.81. The molecule has 0 unspecified atom stereocenters. The Labute approximate surface area is 159 Å². The van der Waals surface area contributed by atoms with Crippen LogP contribution in [0.5, 0.6) is 0 Å². The van der Waals surface area contributed by atoms with Gasteiger partial charge in [0.25, 0.3) is 0 Å². The average Bonchev–Trinajstić information content (AvgIpc) is 2.62. The van der Waals surface area contributed by atoms with Gasteiger partial charge >= 0.3 is 0 Å². The third-order valence-corrected chi connectivity index (χ3v) is 4.76. The van der Waals surface area contributed by atoms with Crippen LogP contribution in [-0.2, 0) is 9.47 Å². The molecule has 3 rings (SSSR count). The number of benzene rings is 2. The van der Waals surface area contributed by atoms with Crippen molar-refractivity contribution in [3.05, 3.63) is 80.8 Å². The van der Waals surface area contributed by atoms with E-state index in [-0.39, 0.29) is 0 Å². The lowest BCUT2D eigenvalue weighted by Crippen LogP contribution is -2.36. The van der Waals surface area contributed by atoms with Crippen molar-refractivity contribution in [2.45, 2.75) is 12.2 Å². The highest BCUT2D eigenvalue weighted by Gasteiger charge is 2.28. The molecule has 0 aliphatic carbocycles. The van der Waals surface area contributed by atoms with E-state index in [1.807, 2.05) is 48.6 Å². The first-order chi connectivity index (χ1) is 11.7. The highest BCUT2D eigenvalue weighted by atomic mass is 79.9. The number of hydrogen-bond acceptors (Lipinski definition) is 2. The van der Waals surface area contributed by atoms with Gasteiger partial charge in [-0.1, -0.05) is 68.3 Å². The van der Waals surface area contributed by atoms with Crippen molar-refractivity contribution in [1.29, 1.82) is 0 Å². The molecular formula is C20H18Br2O2. The maximum atomic E-state index is 5.94. The Bertz CT molecular complexity index is 655. The lowest BCUT2D eigenvalue weighted by atomic mass is 10.1. The number of rotatable bonds is 4. The summed E-state index contributed by atoms with van der Waals surface area (Å²) in [5.41, 5.74) is 2.21. The van der Waals surface area contributed by atoms with Gasteiger partial charge in [-0.05, 0) is 54.0 Å². The van der Waals surface area contributed by atoms with E-state index in [4.69, 9.17) is 9.47 Å². The van der Waals surface area contributed by atoms with Crippen molar-refractivity contribution in [3.8, 4) is 0 Å². The summed E-state index contributed by atoms with van der Waals surface area (Å²) in [4.78, 5) is 0. The standard InChI is InChI=1S/C20H18Br2O2/c21-18-6-2-16(3-7-18)10-12-20(23-14-1-15-24-20)13-11-17-4-8-19(22)9-5-17/h2-13H,1,14-15H2. The molecule has 0 aromatic heterocycles. The molecule has 1 heterocycles. The molecule has 1 aliphatic heterocycles. The van der Waals surface area contributed by atoms with Gasteiger partial charge in [0.2, 0.25) is 5.79 Å². The second-order valence-corrected chi connectivity index (χ2v) is 7.37. The Kier molecular flexibility index (Phi) is 6.06. The van der Waals surface area contributed by atoms with Gasteiger partial charge in [0.1, 0.15) is 0 Å². The van der Waals surface area contributed by atoms with Crippen LogP contribution in [0.15, 0.2) is 69.6 Å². The molecule has 2 aromatic rings. The zero-order chi connectivity index (χ0) is 16.8. The van der Waals surface area contributed by atoms with Crippen LogP contribution in [0.4, 0.5) is 0 Å². The Morgan fingerprint density at radius 2 is 1.12 bits per heavy atom. The summed E-state index contributed by atoms with van der Waals surface area (Å²) in [5.74, 6) is -0.807. The molecule has 4 heteroatoms. The van der Waals surface area contributed by atoms with Crippen LogP contribution in [0.1, 0.15) is 17.5 Å². The SMILES string of the molecule is Brc1ccc(C=CC2(C=Cc3ccc(Br)cc3)OCCCO2)cc1. The van der Waals surface area contributed by atoms with E-state index in [2.05, 4.69) is 56.1 Å². The predicted molar refractivity (Wildman–Crippen MR) is 106 cm³/mol. The summed E-state index contributed by atoms with van der Waals surface area (Å²) >= 11 is 6.90. The van der Waals surface area contributed by atoms with Gasteiger partial charge in [0.05, 0.1) is 13.2 Å². The molecule has 1 saturated heterocycles. The molecule has 0 bridgehead atoms. The van der Waals surface area contributed by atoms with Gasteiger partial charge in [0, 0.05) is 8.95 Å². The van der Waals surface area contributed by atoms with E-state index in [1.54, 1.807) is 0 Å². The summed E-state index contributed by atoms with van der Waals surface area (Å²) in [6.07, 6.45) is 8.93. The molecule has 0 spiro atoms. The first-order valence-corrected chi connectivity index (χ1v) is 9.41. The molecule has 1 fully saturated rings. The molecule has 2 aromatic carbocycles. The van der Waals surface area contributed by atoms with Gasteiger partial charge in [-0.2, -0.15) is 0 Å². The first-order valence-electron chi connectivity index (χ1n) is 7.83. The van der Waals surface area contributed by atoms with Gasteiger partial charge in [-0.25, -0.2) is 0 Å². The quantitative estimate of drug-likeness (QED) is 0.563. The lowest BCUT2D eigenvalue weighted by Gasteiger charge is -2.32. The smallest absolute Gasteiger partial charge is 0.208 e. The number of halogens is 2. The van der Waals surface area contributed by atoms with E-state index in [9.17, 15) is 0 Å². The fourth-order valence-electron chi connectivity index (χ4n) is 2.38. The maximum absolute atomic E-state index is 5.94. The molecule has 1 aliphatic rings. The molecule has 0 radical (unpaired) electrons. The molecule has 0 saturated carbocycles. The molecular weight excluding hydrogens is 432 g/mol. The van der Waals surface area contributed by atoms with Crippen molar-refractivity contribution >= 4 is 44.0 Å². The van der Waals surface area contributed by atoms with Crippen LogP contribution in [-0.4, -0.2) is 19.0 Å². The topological polar surface area (TPSA) is 18.5 Å². The van der Waals surface area contributed by atoms with Crippen LogP contribution in [0, 0.1) is 0 Å². The minimum absolute atomic E-state index is 0.690. The Hall–Kier alpha value is -1.20. The van der Waals surface area contributed by atoms with Crippen LogP contribution < -0.4 is 0 Å². The normalized spacial score (nSPS) is 17.6. The van der Waals surface area contributed by atoms with E-state index in [0.717, 1.165) is 26.5 Å². The summed E-state index contributed by atoms with van der Waals surface area (Å²) in [5, 5.41) is 0. The van der Waals surface area contributed by atoms with Gasteiger partial charge < -0.3 is 9.47 Å². The predicted octanol–water partition coefficient (Wildman–Crippen LogP) is 6.07. The molecule has 24 heavy (non-hydrogen) atoms. The van der Waals surface area contributed by atoms with E-state index in [0.29, 0.717) is 13.2 Å². The summed E-state index contributed by atoms with van der Waals surface area (Å²) in [6, 6.07) is 16.3. The summed E-state index contributed by atoms with van der Waals surface area (Å²) in [7, 11) is 0. The molecule has 124 valence electrons. The van der Waals surface area contributed by atoms with Crippen molar-refractivity contribution in [2.75, 3.05) is 13.2 Å². The molecule has 2 nitrogen and oxygen atoms in total. The van der Waals surface area contributed by atoms with Crippen molar-refractivity contribution < 1.29 is 9.47 Å². The highest BCUT2D eigenvalue weighted by molar-refractivity contribution is 9.10. The second kappa shape index (κ2) is 8.26. The fourth-order valence-corrected chi connectivity index (χ4v) is 2.91. The zero-order valence-corrected chi connectivity index (χ0v) is 16.3. The van der Waals surface area contributed by atoms with Crippen molar-refractivity contribution in [3.63, 3.8) is 0 Å². The maximum Gasteiger partial charge on any atom is 0.208 e. The average molecular weight is 450 g/mol. The van der Waals surface area contributed by atoms with Crippen molar-refractivity contribution in [2.24, 2.45) is 0 Å². The molecule has 0 atom stereocenters. The third kappa shape index (κ3) is 4.90. The van der Waals surface area contributed by atoms with Crippen LogP contribution in [0.25, 0.3) is 12.2 Å². The lowest BCUT2D eigenvalue weighted by molar-refractivity contribution is -0.204. The second-order valence-electron chi connectivity index (χ2n) is 5.54. The summed E-state index contributed by atoms with van der Waals surface area (Å²) in [6.45, 7) is 1.38. The zero-order valence-electron chi connectivity index (χ0n) is 13.1. The number of ether oxygens (including phenoxy) is 2. The van der Waals surface area contributed by atoms with E-state index in [1.165, 1.54) is 0 Å². The summed E-state index contributed by atoms with van der Waals surface area (Å²) < 4.78 is 14.0. The fraction of sp³-hybridized carbons (Fsp3) is 0.200. The van der Waals surface area contributed by atoms with Crippen LogP contribution >= 0.6 is 31.9 Å². The van der Waals surface area contributed by atoms with Gasteiger partial charge in [0.15, 0.2) is 0 Å². The largest absolute Gasteiger partial charge is 0.343 e. The number of hydrogen-bond donors (Lipinski definition) is 0. The molecule has 0 N–H and O–H groups in total. The molecule has 0 amide bonds. The van der Waals surface area contributed by atoms with Gasteiger partial charge in [-0.3, -0.25) is 0 Å². The Morgan fingerprint density at radius 3 is 1.54 bits per heavy atom. The highest BCUT2D eigenvalue weighted by Crippen LogP contribution is 2.25. The first kappa shape index (κ1) is 17.6. The minimum atomic E-state index is -0.807. The monoisotopic (exact) mass is 448 g/mol. The Morgan fingerprint density at radius 1 is 0.708 bits per heavy atom.